The number of hydrogen-bond acceptors (Lipinski definition) is 4. The van der Waals surface area contributed by atoms with E-state index in [1.807, 2.05) is 0 Å². The first-order valence-electron chi connectivity index (χ1n) is 9.43. The fourth-order valence-electron chi connectivity index (χ4n) is 2.91. The molecule has 0 aliphatic carbocycles. The van der Waals surface area contributed by atoms with Crippen LogP contribution in [0.25, 0.3) is 0 Å². The molecule has 4 aromatic rings. The highest BCUT2D eigenvalue weighted by atomic mass is 35.5. The summed E-state index contributed by atoms with van der Waals surface area (Å²) in [5, 5.41) is 6.89. The van der Waals surface area contributed by atoms with Crippen molar-refractivity contribution in [1.29, 1.82) is 0 Å². The number of ether oxygens (including phenoxy) is 1. The maximum Gasteiger partial charge on any atom is 0.291 e. The second-order valence-electron chi connectivity index (χ2n) is 6.84. The number of aromatic nitrogens is 2. The Morgan fingerprint density at radius 2 is 1.91 bits per heavy atom. The number of halogens is 5. The molecule has 0 bridgehead atoms. The standard InChI is InChI=1S/C22H14ClF4N3O3/c23-12-2-1-3-14(6-12)32-11-15-4-5-19(33-15)22(31)29-13-8-28-30(9-13)10-16-17(24)7-18(25)21(27)20(16)26/h1-9H,10-11H2,(H,29,31). The zero-order valence-corrected chi connectivity index (χ0v) is 17.4. The molecule has 1 amide bonds. The third-order valence-electron chi connectivity index (χ3n) is 4.48. The average molecular weight is 480 g/mol. The van der Waals surface area contributed by atoms with Crippen LogP contribution in [-0.2, 0) is 13.2 Å². The third-order valence-corrected chi connectivity index (χ3v) is 4.72. The summed E-state index contributed by atoms with van der Waals surface area (Å²) >= 11 is 5.89. The van der Waals surface area contributed by atoms with Gasteiger partial charge in [0.1, 0.15) is 23.9 Å². The van der Waals surface area contributed by atoms with Crippen LogP contribution in [0.3, 0.4) is 0 Å². The molecule has 2 aromatic carbocycles. The van der Waals surface area contributed by atoms with Crippen molar-refractivity contribution in [3.05, 3.63) is 100 Å². The topological polar surface area (TPSA) is 69.3 Å². The summed E-state index contributed by atoms with van der Waals surface area (Å²) < 4.78 is 66.2. The van der Waals surface area contributed by atoms with E-state index in [9.17, 15) is 22.4 Å². The molecule has 0 saturated heterocycles. The Kier molecular flexibility index (Phi) is 6.36. The molecule has 0 aliphatic heterocycles. The summed E-state index contributed by atoms with van der Waals surface area (Å²) in [5.74, 6) is -5.99. The highest BCUT2D eigenvalue weighted by Crippen LogP contribution is 2.21. The molecule has 2 heterocycles. The smallest absolute Gasteiger partial charge is 0.291 e. The minimum absolute atomic E-state index is 0.00913. The minimum Gasteiger partial charge on any atom is -0.486 e. The van der Waals surface area contributed by atoms with E-state index in [0.717, 1.165) is 4.68 Å². The number of amides is 1. The molecule has 11 heteroatoms. The molecule has 170 valence electrons. The maximum atomic E-state index is 13.8. The van der Waals surface area contributed by atoms with Crippen LogP contribution in [0.5, 0.6) is 5.75 Å². The van der Waals surface area contributed by atoms with Crippen molar-refractivity contribution in [3.63, 3.8) is 0 Å². The zero-order chi connectivity index (χ0) is 23.5. The maximum absolute atomic E-state index is 13.8. The third kappa shape index (κ3) is 5.17. The number of furan rings is 1. The molecule has 0 saturated carbocycles. The zero-order valence-electron chi connectivity index (χ0n) is 16.6. The van der Waals surface area contributed by atoms with Crippen molar-refractivity contribution in [2.75, 3.05) is 5.32 Å². The molecular formula is C22H14ClF4N3O3. The quantitative estimate of drug-likeness (QED) is 0.214. The van der Waals surface area contributed by atoms with Crippen molar-refractivity contribution in [2.45, 2.75) is 13.2 Å². The lowest BCUT2D eigenvalue weighted by Crippen LogP contribution is -2.11. The van der Waals surface area contributed by atoms with E-state index in [1.165, 1.54) is 18.5 Å². The molecule has 0 radical (unpaired) electrons. The van der Waals surface area contributed by atoms with Gasteiger partial charge in [0.25, 0.3) is 5.91 Å². The van der Waals surface area contributed by atoms with Crippen molar-refractivity contribution in [3.8, 4) is 5.75 Å². The highest BCUT2D eigenvalue weighted by Gasteiger charge is 2.20. The largest absolute Gasteiger partial charge is 0.486 e. The van der Waals surface area contributed by atoms with E-state index in [1.54, 1.807) is 30.3 Å². The Bertz CT molecular complexity index is 1320. The molecule has 0 spiro atoms. The Morgan fingerprint density at radius 3 is 2.70 bits per heavy atom. The number of anilines is 1. The van der Waals surface area contributed by atoms with Crippen LogP contribution in [0.15, 0.2) is 59.3 Å². The van der Waals surface area contributed by atoms with Gasteiger partial charge in [-0.25, -0.2) is 17.6 Å². The van der Waals surface area contributed by atoms with Crippen LogP contribution in [0.2, 0.25) is 5.02 Å². The summed E-state index contributed by atoms with van der Waals surface area (Å²) in [7, 11) is 0. The van der Waals surface area contributed by atoms with E-state index in [-0.39, 0.29) is 24.1 Å². The second-order valence-corrected chi connectivity index (χ2v) is 7.28. The number of rotatable bonds is 7. The van der Waals surface area contributed by atoms with Gasteiger partial charge < -0.3 is 14.5 Å². The van der Waals surface area contributed by atoms with Gasteiger partial charge in [-0.2, -0.15) is 5.10 Å². The first-order valence-corrected chi connectivity index (χ1v) is 9.80. The van der Waals surface area contributed by atoms with Gasteiger partial charge in [-0.15, -0.1) is 0 Å². The van der Waals surface area contributed by atoms with Gasteiger partial charge in [0.15, 0.2) is 23.2 Å². The Hall–Kier alpha value is -3.79. The number of nitrogens with one attached hydrogen (secondary N) is 1. The summed E-state index contributed by atoms with van der Waals surface area (Å²) in [4.78, 5) is 12.4. The fourth-order valence-corrected chi connectivity index (χ4v) is 3.09. The summed E-state index contributed by atoms with van der Waals surface area (Å²) in [6, 6.07) is 10.1. The van der Waals surface area contributed by atoms with E-state index in [2.05, 4.69) is 10.4 Å². The number of carbonyl (C=O) groups excluding carboxylic acids is 1. The van der Waals surface area contributed by atoms with Gasteiger partial charge in [0.2, 0.25) is 0 Å². The Balaban J connectivity index is 1.38. The van der Waals surface area contributed by atoms with Crippen molar-refractivity contribution in [1.82, 2.24) is 9.78 Å². The first-order chi connectivity index (χ1) is 15.8. The van der Waals surface area contributed by atoms with E-state index in [0.29, 0.717) is 16.5 Å². The number of hydrogen-bond donors (Lipinski definition) is 1. The van der Waals surface area contributed by atoms with Gasteiger partial charge in [0.05, 0.1) is 18.4 Å². The molecule has 6 nitrogen and oxygen atoms in total. The first kappa shape index (κ1) is 22.4. The average Bonchev–Trinajstić information content (AvgIpc) is 3.43. The van der Waals surface area contributed by atoms with Gasteiger partial charge in [-0.05, 0) is 30.3 Å². The predicted molar refractivity (Wildman–Crippen MR) is 110 cm³/mol. The van der Waals surface area contributed by atoms with Crippen LogP contribution < -0.4 is 10.1 Å². The van der Waals surface area contributed by atoms with E-state index in [4.69, 9.17) is 20.8 Å². The Morgan fingerprint density at radius 1 is 1.09 bits per heavy atom. The van der Waals surface area contributed by atoms with Crippen LogP contribution >= 0.6 is 11.6 Å². The van der Waals surface area contributed by atoms with Crippen molar-refractivity contribution < 1.29 is 31.5 Å². The lowest BCUT2D eigenvalue weighted by Gasteiger charge is -2.07. The predicted octanol–water partition coefficient (Wildman–Crippen LogP) is 5.57. The van der Waals surface area contributed by atoms with Crippen LogP contribution in [-0.4, -0.2) is 15.7 Å². The summed E-state index contributed by atoms with van der Waals surface area (Å²) in [6.07, 6.45) is 2.49. The highest BCUT2D eigenvalue weighted by molar-refractivity contribution is 6.30. The van der Waals surface area contributed by atoms with Crippen LogP contribution in [0.4, 0.5) is 23.2 Å². The molecule has 1 N–H and O–H groups in total. The van der Waals surface area contributed by atoms with Gasteiger partial charge in [-0.1, -0.05) is 17.7 Å². The number of carbonyl (C=O) groups is 1. The minimum atomic E-state index is -1.78. The van der Waals surface area contributed by atoms with Crippen LogP contribution in [0, 0.1) is 23.3 Å². The molecule has 0 atom stereocenters. The normalized spacial score (nSPS) is 10.9. The molecule has 0 fully saturated rings. The van der Waals surface area contributed by atoms with E-state index < -0.39 is 41.3 Å². The van der Waals surface area contributed by atoms with Gasteiger partial charge >= 0.3 is 0 Å². The lowest BCUT2D eigenvalue weighted by atomic mass is 10.2. The van der Waals surface area contributed by atoms with Crippen molar-refractivity contribution >= 4 is 23.2 Å². The summed E-state index contributed by atoms with van der Waals surface area (Å²) in [5.41, 5.74) is -0.512. The molecule has 0 aliphatic rings. The molecule has 4 rings (SSSR count). The van der Waals surface area contributed by atoms with E-state index >= 15 is 0 Å². The van der Waals surface area contributed by atoms with Crippen molar-refractivity contribution in [2.24, 2.45) is 0 Å². The van der Waals surface area contributed by atoms with Gasteiger partial charge in [-0.3, -0.25) is 9.48 Å². The number of nitrogens with zero attached hydrogens (tertiary/aromatic N) is 2. The molecule has 0 unspecified atom stereocenters. The Labute approximate surface area is 189 Å². The molecule has 33 heavy (non-hydrogen) atoms. The SMILES string of the molecule is O=C(Nc1cnn(Cc2c(F)cc(F)c(F)c2F)c1)c1ccc(COc2cccc(Cl)c2)o1. The fraction of sp³-hybridized carbons (Fsp3) is 0.0909. The second kappa shape index (κ2) is 9.37. The molecular weight excluding hydrogens is 466 g/mol. The lowest BCUT2D eigenvalue weighted by molar-refractivity contribution is 0.0992. The number of benzene rings is 2. The monoisotopic (exact) mass is 479 g/mol. The van der Waals surface area contributed by atoms with Crippen LogP contribution in [0.1, 0.15) is 21.9 Å². The van der Waals surface area contributed by atoms with Gasteiger partial charge in [0, 0.05) is 22.8 Å². The molecule has 2 aromatic heterocycles. The summed E-state index contributed by atoms with van der Waals surface area (Å²) in [6.45, 7) is -0.451.